The number of nitrogens with zero attached hydrogens (tertiary/aromatic N) is 5. The number of halogens is 1. The Balaban J connectivity index is 1.20. The maximum absolute atomic E-state index is 4.70. The van der Waals surface area contributed by atoms with Crippen molar-refractivity contribution in [2.45, 2.75) is 0 Å². The van der Waals surface area contributed by atoms with Crippen LogP contribution in [-0.4, -0.2) is 53.7 Å². The maximum Gasteiger partial charge on any atom is 0.137 e. The summed E-state index contributed by atoms with van der Waals surface area (Å²) < 4.78 is 3.24. The lowest BCUT2D eigenvalue weighted by Gasteiger charge is -2.34. The average Bonchev–Trinajstić information content (AvgIpc) is 3.24. The number of benzene rings is 2. The standard InChI is InChI=1S/C25H25IN6/c1-30-12-14-31(15-13-30)23-9-2-19(3-10-23)16-27-29-22-7-4-20(5-8-22)24-18-32-17-21(26)6-11-25(32)28-24/h2-11,16-18,29H,12-15H2,1H3. The number of nitrogens with one attached hydrogen (secondary N) is 1. The predicted octanol–water partition coefficient (Wildman–Crippen LogP) is 4.80. The zero-order chi connectivity index (χ0) is 21.9. The lowest BCUT2D eigenvalue weighted by molar-refractivity contribution is 0.313. The fourth-order valence-corrected chi connectivity index (χ4v) is 4.32. The number of imidazole rings is 1. The quantitative estimate of drug-likeness (QED) is 0.226. The van der Waals surface area contributed by atoms with Gasteiger partial charge in [0.1, 0.15) is 5.65 Å². The van der Waals surface area contributed by atoms with Gasteiger partial charge in [0.25, 0.3) is 0 Å². The first kappa shape index (κ1) is 21.0. The van der Waals surface area contributed by atoms with E-state index in [4.69, 9.17) is 4.98 Å². The number of aromatic nitrogens is 2. The van der Waals surface area contributed by atoms with Gasteiger partial charge in [-0.15, -0.1) is 0 Å². The van der Waals surface area contributed by atoms with Gasteiger partial charge in [-0.2, -0.15) is 5.10 Å². The Labute approximate surface area is 201 Å². The molecule has 32 heavy (non-hydrogen) atoms. The Bertz CT molecular complexity index is 1220. The van der Waals surface area contributed by atoms with Crippen LogP contribution in [0.3, 0.4) is 0 Å². The van der Waals surface area contributed by atoms with E-state index in [1.165, 1.54) is 9.26 Å². The molecule has 0 spiro atoms. The van der Waals surface area contributed by atoms with Crippen LogP contribution in [-0.2, 0) is 0 Å². The van der Waals surface area contributed by atoms with Crippen LogP contribution in [0.2, 0.25) is 0 Å². The summed E-state index contributed by atoms with van der Waals surface area (Å²) in [6.45, 7) is 4.39. The van der Waals surface area contributed by atoms with Crippen molar-refractivity contribution in [3.05, 3.63) is 82.2 Å². The highest BCUT2D eigenvalue weighted by atomic mass is 127. The Kier molecular flexibility index (Phi) is 6.09. The minimum Gasteiger partial charge on any atom is -0.369 e. The van der Waals surface area contributed by atoms with Crippen molar-refractivity contribution < 1.29 is 0 Å². The first-order valence-electron chi connectivity index (χ1n) is 10.7. The van der Waals surface area contributed by atoms with E-state index in [1.807, 2.05) is 24.4 Å². The number of hydrazone groups is 1. The van der Waals surface area contributed by atoms with Crippen molar-refractivity contribution in [2.24, 2.45) is 5.10 Å². The molecule has 5 rings (SSSR count). The SMILES string of the molecule is CN1CCN(c2ccc(C=NNc3ccc(-c4cn5cc(I)ccc5n4)cc3)cc2)CC1. The fraction of sp³-hybridized carbons (Fsp3) is 0.200. The number of hydrogen-bond acceptors (Lipinski definition) is 5. The largest absolute Gasteiger partial charge is 0.369 e. The van der Waals surface area contributed by atoms with Crippen LogP contribution in [0, 0.1) is 3.57 Å². The van der Waals surface area contributed by atoms with E-state index in [9.17, 15) is 0 Å². The molecule has 0 aliphatic carbocycles. The number of rotatable bonds is 5. The molecule has 0 unspecified atom stereocenters. The second kappa shape index (κ2) is 9.30. The summed E-state index contributed by atoms with van der Waals surface area (Å²) in [5, 5.41) is 4.39. The summed E-state index contributed by atoms with van der Waals surface area (Å²) in [5.74, 6) is 0. The third kappa shape index (κ3) is 4.78. The van der Waals surface area contributed by atoms with Crippen LogP contribution in [0.15, 0.2) is 78.2 Å². The van der Waals surface area contributed by atoms with E-state index in [0.717, 1.165) is 54.3 Å². The van der Waals surface area contributed by atoms with Crippen LogP contribution < -0.4 is 10.3 Å². The van der Waals surface area contributed by atoms with E-state index in [-0.39, 0.29) is 0 Å². The first-order valence-corrected chi connectivity index (χ1v) is 11.8. The Morgan fingerprint density at radius 2 is 1.66 bits per heavy atom. The van der Waals surface area contributed by atoms with Crippen molar-refractivity contribution in [3.63, 3.8) is 0 Å². The zero-order valence-corrected chi connectivity index (χ0v) is 20.1. The normalized spacial score (nSPS) is 15.0. The van der Waals surface area contributed by atoms with Gasteiger partial charge in [0.05, 0.1) is 17.6 Å². The molecule has 1 aliphatic rings. The molecular weight excluding hydrogens is 511 g/mol. The fourth-order valence-electron chi connectivity index (χ4n) is 3.84. The van der Waals surface area contributed by atoms with Gasteiger partial charge in [-0.3, -0.25) is 5.43 Å². The minimum atomic E-state index is 0.942. The van der Waals surface area contributed by atoms with Gasteiger partial charge in [0.15, 0.2) is 0 Å². The van der Waals surface area contributed by atoms with Crippen LogP contribution in [0.4, 0.5) is 11.4 Å². The highest BCUT2D eigenvalue weighted by Gasteiger charge is 2.13. The summed E-state index contributed by atoms with van der Waals surface area (Å²) in [7, 11) is 2.18. The summed E-state index contributed by atoms with van der Waals surface area (Å²) >= 11 is 2.31. The topological polar surface area (TPSA) is 48.2 Å². The molecule has 0 bridgehead atoms. The second-order valence-corrected chi connectivity index (χ2v) is 9.31. The maximum atomic E-state index is 4.70. The number of pyridine rings is 1. The van der Waals surface area contributed by atoms with Crippen LogP contribution >= 0.6 is 22.6 Å². The Morgan fingerprint density at radius 3 is 2.41 bits per heavy atom. The average molecular weight is 536 g/mol. The molecule has 7 heteroatoms. The van der Waals surface area contributed by atoms with Gasteiger partial charge < -0.3 is 14.2 Å². The van der Waals surface area contributed by atoms with Gasteiger partial charge in [-0.25, -0.2) is 4.98 Å². The smallest absolute Gasteiger partial charge is 0.137 e. The van der Waals surface area contributed by atoms with Gasteiger partial charge in [-0.1, -0.05) is 24.3 Å². The molecule has 2 aromatic carbocycles. The molecule has 0 amide bonds. The highest BCUT2D eigenvalue weighted by Crippen LogP contribution is 2.22. The van der Waals surface area contributed by atoms with Crippen LogP contribution in [0.1, 0.15) is 5.56 Å². The number of hydrogen-bond donors (Lipinski definition) is 1. The zero-order valence-electron chi connectivity index (χ0n) is 17.9. The summed E-state index contributed by atoms with van der Waals surface area (Å²) in [6.07, 6.45) is 5.99. The van der Waals surface area contributed by atoms with Crippen molar-refractivity contribution in [1.82, 2.24) is 14.3 Å². The highest BCUT2D eigenvalue weighted by molar-refractivity contribution is 14.1. The lowest BCUT2D eigenvalue weighted by Crippen LogP contribution is -2.44. The molecule has 3 heterocycles. The third-order valence-electron chi connectivity index (χ3n) is 5.76. The number of piperazine rings is 1. The minimum absolute atomic E-state index is 0.942. The molecule has 1 fully saturated rings. The van der Waals surface area contributed by atoms with Crippen molar-refractivity contribution in [3.8, 4) is 11.3 Å². The summed E-state index contributed by atoms with van der Waals surface area (Å²) in [5.41, 5.74) is 9.40. The molecule has 0 atom stereocenters. The molecule has 0 radical (unpaired) electrons. The van der Waals surface area contributed by atoms with Gasteiger partial charge in [0, 0.05) is 53.4 Å². The first-order chi connectivity index (χ1) is 15.6. The van der Waals surface area contributed by atoms with E-state index >= 15 is 0 Å². The molecule has 1 saturated heterocycles. The molecule has 2 aromatic heterocycles. The monoisotopic (exact) mass is 536 g/mol. The lowest BCUT2D eigenvalue weighted by atomic mass is 10.1. The van der Waals surface area contributed by atoms with E-state index in [0.29, 0.717) is 0 Å². The van der Waals surface area contributed by atoms with Crippen molar-refractivity contribution in [2.75, 3.05) is 43.6 Å². The van der Waals surface area contributed by atoms with Gasteiger partial charge in [0.2, 0.25) is 0 Å². The number of likely N-dealkylation sites (N-methyl/N-ethyl adjacent to an activating group) is 1. The van der Waals surface area contributed by atoms with Crippen LogP contribution in [0.5, 0.6) is 0 Å². The molecule has 4 aromatic rings. The molecule has 0 saturated carbocycles. The second-order valence-electron chi connectivity index (χ2n) is 8.07. The van der Waals surface area contributed by atoms with E-state index in [1.54, 1.807) is 0 Å². The summed E-state index contributed by atoms with van der Waals surface area (Å²) in [6, 6.07) is 20.9. The van der Waals surface area contributed by atoms with Crippen molar-refractivity contribution in [1.29, 1.82) is 0 Å². The summed E-state index contributed by atoms with van der Waals surface area (Å²) in [4.78, 5) is 9.51. The van der Waals surface area contributed by atoms with Crippen LogP contribution in [0.25, 0.3) is 16.9 Å². The molecule has 6 nitrogen and oxygen atoms in total. The van der Waals surface area contributed by atoms with E-state index in [2.05, 4.69) is 109 Å². The Morgan fingerprint density at radius 1 is 0.906 bits per heavy atom. The molecule has 1 aliphatic heterocycles. The third-order valence-corrected chi connectivity index (χ3v) is 6.40. The molecular formula is C25H25IN6. The van der Waals surface area contributed by atoms with E-state index < -0.39 is 0 Å². The molecule has 162 valence electrons. The molecule has 1 N–H and O–H groups in total. The number of anilines is 2. The van der Waals surface area contributed by atoms with Crippen molar-refractivity contribution >= 4 is 45.8 Å². The Hall–Kier alpha value is -2.91. The van der Waals surface area contributed by atoms with Gasteiger partial charge in [-0.05, 0) is 71.6 Å². The number of fused-ring (bicyclic) bond motifs is 1. The predicted molar refractivity (Wildman–Crippen MR) is 141 cm³/mol. The van der Waals surface area contributed by atoms with Gasteiger partial charge >= 0.3 is 0 Å².